The third-order valence-electron chi connectivity index (χ3n) is 4.62. The van der Waals surface area contributed by atoms with E-state index in [4.69, 9.17) is 10.3 Å². The molecule has 2 saturated carbocycles. The smallest absolute Gasteiger partial charge is 0.339 e. The van der Waals surface area contributed by atoms with Crippen molar-refractivity contribution in [2.75, 3.05) is 0 Å². The van der Waals surface area contributed by atoms with Crippen LogP contribution in [0.15, 0.2) is 4.52 Å². The molecule has 2 aliphatic carbocycles. The largest absolute Gasteiger partial charge is 0.391 e. The van der Waals surface area contributed by atoms with Gasteiger partial charge in [0.25, 0.3) is 0 Å². The predicted octanol–water partition coefficient (Wildman–Crippen LogP) is 3.67. The van der Waals surface area contributed by atoms with Gasteiger partial charge in [0.05, 0.1) is 11.5 Å². The van der Waals surface area contributed by atoms with Crippen LogP contribution in [0.1, 0.15) is 62.6 Å². The number of hydrogen-bond donors (Lipinski definition) is 1. The molecule has 0 saturated heterocycles. The molecular weight excluding hydrogens is 307 g/mol. The molecule has 1 aromatic rings. The van der Waals surface area contributed by atoms with Crippen LogP contribution in [0.2, 0.25) is 0 Å². The Hall–Kier alpha value is -0.820. The molecule has 8 heteroatoms. The monoisotopic (exact) mass is 325 g/mol. The average molecular weight is 326 g/mol. The fourth-order valence-corrected chi connectivity index (χ4v) is 3.10. The molecule has 1 aromatic heterocycles. The summed E-state index contributed by atoms with van der Waals surface area (Å²) < 4.78 is 43.6. The lowest BCUT2D eigenvalue weighted by atomic mass is 9.77. The zero-order valence-electron chi connectivity index (χ0n) is 11.5. The van der Waals surface area contributed by atoms with Gasteiger partial charge in [-0.2, -0.15) is 18.2 Å². The van der Waals surface area contributed by atoms with Crippen molar-refractivity contribution in [3.05, 3.63) is 11.7 Å². The molecule has 2 N–H and O–H groups in total. The second kappa shape index (κ2) is 5.76. The summed E-state index contributed by atoms with van der Waals surface area (Å²) in [4.78, 5) is 4.27. The van der Waals surface area contributed by atoms with Crippen molar-refractivity contribution < 1.29 is 17.7 Å². The Balaban J connectivity index is 0.00000161. The van der Waals surface area contributed by atoms with Crippen molar-refractivity contribution in [1.82, 2.24) is 10.1 Å². The first-order valence-corrected chi connectivity index (χ1v) is 7.08. The maximum atomic E-state index is 12.8. The molecule has 0 aliphatic heterocycles. The SMILES string of the molecule is Cl.NC1(c2noc(C3CCCC(C(F)(F)F)C3)n2)CCC1. The molecule has 4 nitrogen and oxygen atoms in total. The van der Waals surface area contributed by atoms with E-state index in [-0.39, 0.29) is 31.2 Å². The van der Waals surface area contributed by atoms with Gasteiger partial charge in [-0.25, -0.2) is 0 Å². The van der Waals surface area contributed by atoms with Crippen LogP contribution in [-0.4, -0.2) is 16.3 Å². The first kappa shape index (κ1) is 16.5. The van der Waals surface area contributed by atoms with Crippen LogP contribution in [0.25, 0.3) is 0 Å². The van der Waals surface area contributed by atoms with Crippen molar-refractivity contribution in [3.63, 3.8) is 0 Å². The normalized spacial score (nSPS) is 28.6. The van der Waals surface area contributed by atoms with Gasteiger partial charge in [-0.05, 0) is 38.5 Å². The Morgan fingerprint density at radius 1 is 1.19 bits per heavy atom. The highest BCUT2D eigenvalue weighted by Crippen LogP contribution is 2.44. The number of alkyl halides is 3. The van der Waals surface area contributed by atoms with Crippen LogP contribution in [0.3, 0.4) is 0 Å². The summed E-state index contributed by atoms with van der Waals surface area (Å²) in [5, 5.41) is 3.88. The molecule has 0 amide bonds. The quantitative estimate of drug-likeness (QED) is 0.901. The van der Waals surface area contributed by atoms with Gasteiger partial charge >= 0.3 is 6.18 Å². The van der Waals surface area contributed by atoms with Gasteiger partial charge < -0.3 is 10.3 Å². The summed E-state index contributed by atoms with van der Waals surface area (Å²) in [7, 11) is 0. The molecule has 120 valence electrons. The van der Waals surface area contributed by atoms with Crippen molar-refractivity contribution in [3.8, 4) is 0 Å². The Bertz CT molecular complexity index is 487. The Labute approximate surface area is 127 Å². The zero-order chi connectivity index (χ0) is 14.4. The topological polar surface area (TPSA) is 64.9 Å². The number of hydrogen-bond acceptors (Lipinski definition) is 4. The summed E-state index contributed by atoms with van der Waals surface area (Å²) in [5.41, 5.74) is 5.57. The first-order chi connectivity index (χ1) is 9.38. The minimum absolute atomic E-state index is 0. The van der Waals surface area contributed by atoms with Gasteiger partial charge in [0.2, 0.25) is 5.89 Å². The summed E-state index contributed by atoms with van der Waals surface area (Å²) in [6, 6.07) is 0. The van der Waals surface area contributed by atoms with E-state index in [1.165, 1.54) is 0 Å². The van der Waals surface area contributed by atoms with Crippen LogP contribution in [0, 0.1) is 5.92 Å². The van der Waals surface area contributed by atoms with Gasteiger partial charge in [0, 0.05) is 5.92 Å². The third kappa shape index (κ3) is 3.18. The molecule has 1 heterocycles. The van der Waals surface area contributed by atoms with Crippen LogP contribution in [-0.2, 0) is 5.54 Å². The molecule has 2 unspecified atom stereocenters. The second-order valence-corrected chi connectivity index (χ2v) is 6.07. The van der Waals surface area contributed by atoms with Crippen LogP contribution >= 0.6 is 12.4 Å². The van der Waals surface area contributed by atoms with Crippen molar-refractivity contribution in [1.29, 1.82) is 0 Å². The van der Waals surface area contributed by atoms with Gasteiger partial charge in [-0.3, -0.25) is 0 Å². The van der Waals surface area contributed by atoms with Crippen molar-refractivity contribution >= 4 is 12.4 Å². The zero-order valence-corrected chi connectivity index (χ0v) is 12.3. The minimum atomic E-state index is -4.13. The maximum Gasteiger partial charge on any atom is 0.391 e. The van der Waals surface area contributed by atoms with Crippen LogP contribution in [0.5, 0.6) is 0 Å². The number of nitrogens with two attached hydrogens (primary N) is 1. The third-order valence-corrected chi connectivity index (χ3v) is 4.62. The lowest BCUT2D eigenvalue weighted by Crippen LogP contribution is -2.44. The van der Waals surface area contributed by atoms with E-state index in [9.17, 15) is 13.2 Å². The molecule has 2 aliphatic rings. The first-order valence-electron chi connectivity index (χ1n) is 7.08. The van der Waals surface area contributed by atoms with Gasteiger partial charge in [0.1, 0.15) is 0 Å². The number of aromatic nitrogens is 2. The van der Waals surface area contributed by atoms with Crippen molar-refractivity contribution in [2.45, 2.75) is 62.6 Å². The van der Waals surface area contributed by atoms with Crippen molar-refractivity contribution in [2.24, 2.45) is 11.7 Å². The van der Waals surface area contributed by atoms with Gasteiger partial charge in [-0.15, -0.1) is 12.4 Å². The highest BCUT2D eigenvalue weighted by Gasteiger charge is 2.44. The second-order valence-electron chi connectivity index (χ2n) is 6.07. The summed E-state index contributed by atoms with van der Waals surface area (Å²) in [6.45, 7) is 0. The number of nitrogens with zero attached hydrogens (tertiary/aromatic N) is 2. The van der Waals surface area contributed by atoms with E-state index in [1.54, 1.807) is 0 Å². The fraction of sp³-hybridized carbons (Fsp3) is 0.846. The van der Waals surface area contributed by atoms with Crippen LogP contribution in [0.4, 0.5) is 13.2 Å². The van der Waals surface area contributed by atoms with Gasteiger partial charge in [-0.1, -0.05) is 11.6 Å². The van der Waals surface area contributed by atoms with Gasteiger partial charge in [0.15, 0.2) is 5.82 Å². The van der Waals surface area contributed by atoms with E-state index in [1.807, 2.05) is 0 Å². The van der Waals surface area contributed by atoms with E-state index >= 15 is 0 Å². The lowest BCUT2D eigenvalue weighted by Gasteiger charge is -2.34. The van der Waals surface area contributed by atoms with Crippen LogP contribution < -0.4 is 5.73 Å². The minimum Gasteiger partial charge on any atom is -0.339 e. The summed E-state index contributed by atoms with van der Waals surface area (Å²) >= 11 is 0. The molecule has 0 radical (unpaired) electrons. The highest BCUT2D eigenvalue weighted by molar-refractivity contribution is 5.85. The number of halogens is 4. The van der Waals surface area contributed by atoms with E-state index in [0.717, 1.165) is 19.3 Å². The highest BCUT2D eigenvalue weighted by atomic mass is 35.5. The average Bonchev–Trinajstić information content (AvgIpc) is 2.85. The molecule has 0 bridgehead atoms. The lowest BCUT2D eigenvalue weighted by molar-refractivity contribution is -0.183. The number of rotatable bonds is 2. The summed E-state index contributed by atoms with van der Waals surface area (Å²) in [5.74, 6) is -0.772. The standard InChI is InChI=1S/C13H18F3N3O.ClH/c14-13(15,16)9-4-1-3-8(7-9)10-18-11(19-20-10)12(17)5-2-6-12;/h8-9H,1-7,17H2;1H. The van der Waals surface area contributed by atoms with E-state index < -0.39 is 17.6 Å². The molecular formula is C13H19ClF3N3O. The maximum absolute atomic E-state index is 12.8. The molecule has 2 atom stereocenters. The van der Waals surface area contributed by atoms with E-state index in [2.05, 4.69) is 10.1 Å². The Kier molecular flexibility index (Phi) is 4.54. The fourth-order valence-electron chi connectivity index (χ4n) is 3.10. The predicted molar refractivity (Wildman–Crippen MR) is 72.0 cm³/mol. The molecule has 21 heavy (non-hydrogen) atoms. The summed E-state index contributed by atoms with van der Waals surface area (Å²) in [6.07, 6.45) is -0.0369. The molecule has 3 rings (SSSR count). The molecule has 0 aromatic carbocycles. The van der Waals surface area contributed by atoms with E-state index in [0.29, 0.717) is 24.6 Å². The Morgan fingerprint density at radius 3 is 2.48 bits per heavy atom. The molecule has 2 fully saturated rings. The Morgan fingerprint density at radius 2 is 1.90 bits per heavy atom. The molecule has 0 spiro atoms.